The van der Waals surface area contributed by atoms with Gasteiger partial charge in [0.1, 0.15) is 0 Å². The quantitative estimate of drug-likeness (QED) is 0.319. The van der Waals surface area contributed by atoms with Crippen molar-refractivity contribution in [2.75, 3.05) is 51.3 Å². The van der Waals surface area contributed by atoms with E-state index in [0.717, 1.165) is 55.3 Å². The molecule has 2 fully saturated rings. The van der Waals surface area contributed by atoms with Crippen LogP contribution in [0.25, 0.3) is 0 Å². The van der Waals surface area contributed by atoms with Crippen molar-refractivity contribution in [3.63, 3.8) is 0 Å². The van der Waals surface area contributed by atoms with Crippen molar-refractivity contribution in [1.29, 1.82) is 0 Å². The minimum absolute atomic E-state index is 0. The fourth-order valence-corrected chi connectivity index (χ4v) is 5.66. The molecule has 2 saturated heterocycles. The van der Waals surface area contributed by atoms with E-state index in [1.165, 1.54) is 24.8 Å². The van der Waals surface area contributed by atoms with Gasteiger partial charge in [0.15, 0.2) is 0 Å². The summed E-state index contributed by atoms with van der Waals surface area (Å²) in [6.45, 7) is 5.28. The summed E-state index contributed by atoms with van der Waals surface area (Å²) in [5.74, 6) is 3.10. The number of benzene rings is 1. The van der Waals surface area contributed by atoms with Crippen molar-refractivity contribution in [2.45, 2.75) is 37.3 Å². The molecule has 1 radical (unpaired) electrons. The van der Waals surface area contributed by atoms with Gasteiger partial charge in [-0.05, 0) is 55.8 Å². The molecule has 0 spiro atoms. The second kappa shape index (κ2) is 12.6. The van der Waals surface area contributed by atoms with Gasteiger partial charge in [-0.15, -0.1) is 0 Å². The summed E-state index contributed by atoms with van der Waals surface area (Å²) < 4.78 is 0. The molecule has 1 aromatic rings. The Morgan fingerprint density at radius 3 is 2.54 bits per heavy atom. The first-order valence-corrected chi connectivity index (χ1v) is 11.9. The van der Waals surface area contributed by atoms with Crippen LogP contribution in [0.5, 0.6) is 0 Å². The van der Waals surface area contributed by atoms with Crippen molar-refractivity contribution in [1.82, 2.24) is 15.1 Å². The van der Waals surface area contributed by atoms with E-state index in [0.29, 0.717) is 17.9 Å². The first-order chi connectivity index (χ1) is 13.1. The van der Waals surface area contributed by atoms with Crippen LogP contribution in [0.3, 0.4) is 0 Å². The van der Waals surface area contributed by atoms with Gasteiger partial charge in [-0.2, -0.15) is 25.3 Å². The van der Waals surface area contributed by atoms with Crippen LogP contribution < -0.4 is 5.32 Å². The second-order valence-electron chi connectivity index (χ2n) is 8.02. The third-order valence-electron chi connectivity index (χ3n) is 6.51. The molecule has 0 unspecified atom stereocenters. The number of halogens is 1. The van der Waals surface area contributed by atoms with E-state index < -0.39 is 0 Å². The average molecular weight is 527 g/mol. The molecule has 0 saturated carbocycles. The smallest absolute Gasteiger partial charge is 0.0406 e. The van der Waals surface area contributed by atoms with Gasteiger partial charge in [-0.1, -0.05) is 23.7 Å². The Kier molecular flexibility index (Phi) is 11.2. The number of nitrogens with zero attached hydrogens (tertiary/aromatic N) is 2. The van der Waals surface area contributed by atoms with Gasteiger partial charge in [0.05, 0.1) is 0 Å². The van der Waals surface area contributed by atoms with Gasteiger partial charge in [0.25, 0.3) is 0 Å². The Morgan fingerprint density at radius 2 is 1.86 bits per heavy atom. The molecule has 3 nitrogen and oxygen atoms in total. The molecule has 28 heavy (non-hydrogen) atoms. The summed E-state index contributed by atoms with van der Waals surface area (Å²) in [6, 6.07) is 10.0. The van der Waals surface area contributed by atoms with E-state index in [1.54, 1.807) is 0 Å². The molecule has 7 heteroatoms. The summed E-state index contributed by atoms with van der Waals surface area (Å²) in [5, 5.41) is 4.32. The first-order valence-electron chi connectivity index (χ1n) is 10.3. The summed E-state index contributed by atoms with van der Waals surface area (Å²) in [7, 11) is 2.34. The van der Waals surface area contributed by atoms with Gasteiger partial charge in [0.2, 0.25) is 0 Å². The van der Waals surface area contributed by atoms with Crippen molar-refractivity contribution >= 4 is 36.9 Å². The Hall–Kier alpha value is 0.739. The van der Waals surface area contributed by atoms with Crippen LogP contribution in [-0.2, 0) is 20.1 Å². The van der Waals surface area contributed by atoms with Gasteiger partial charge in [-0.25, -0.2) is 0 Å². The maximum atomic E-state index is 6.15. The summed E-state index contributed by atoms with van der Waals surface area (Å²) in [5.41, 5.74) is 1.47. The number of rotatable bonds is 10. The molecule has 2 bridgehead atoms. The molecule has 2 aliphatic rings. The van der Waals surface area contributed by atoms with E-state index in [1.807, 2.05) is 0 Å². The zero-order valence-corrected chi connectivity index (χ0v) is 21.1. The molecule has 0 amide bonds. The zero-order valence-electron chi connectivity index (χ0n) is 16.7. The molecule has 1 N–H and O–H groups in total. The van der Waals surface area contributed by atoms with Gasteiger partial charge in [0, 0.05) is 81.4 Å². The zero-order chi connectivity index (χ0) is 19.2. The van der Waals surface area contributed by atoms with Crippen LogP contribution in [0, 0.1) is 5.92 Å². The molecule has 2 aliphatic heterocycles. The maximum absolute atomic E-state index is 6.15. The number of hydrogen-bond donors (Lipinski definition) is 3. The predicted octanol–water partition coefficient (Wildman–Crippen LogP) is 3.66. The first kappa shape index (κ1) is 25.0. The summed E-state index contributed by atoms with van der Waals surface area (Å²) >= 11 is 15.0. The fourth-order valence-electron chi connectivity index (χ4n) is 5.09. The predicted molar refractivity (Wildman–Crippen MR) is 124 cm³/mol. The van der Waals surface area contributed by atoms with Crippen molar-refractivity contribution in [2.24, 2.45) is 5.92 Å². The summed E-state index contributed by atoms with van der Waals surface area (Å²) in [6.07, 6.45) is 3.95. The van der Waals surface area contributed by atoms with Crippen LogP contribution in [0.1, 0.15) is 30.7 Å². The van der Waals surface area contributed by atoms with Gasteiger partial charge < -0.3 is 15.1 Å². The third-order valence-corrected chi connectivity index (χ3v) is 7.18. The van der Waals surface area contributed by atoms with Crippen molar-refractivity contribution in [3.05, 3.63) is 34.9 Å². The number of piperidine rings is 1. The molecule has 3 rings (SSSR count). The molecular formula is C21H34ClN3S2Tc. The minimum Gasteiger partial charge on any atom is -0.315 e. The Bertz CT molecular complexity index is 577. The monoisotopic (exact) mass is 526 g/mol. The third kappa shape index (κ3) is 6.37. The SMILES string of the molecule is CN1[C@H]2CC[C@@H]1[C@@H](CN(CCS)CCNCCS)[C@@H](c1ccc(Cl)cc1)C2.[99Tc]. The number of hydrogen-bond acceptors (Lipinski definition) is 5. The van der Waals surface area contributed by atoms with Gasteiger partial charge >= 0.3 is 0 Å². The minimum atomic E-state index is 0. The number of nitrogens with one attached hydrogen (secondary N) is 1. The fraction of sp³-hybridized carbons (Fsp3) is 0.714. The number of fused-ring (bicyclic) bond motifs is 2. The van der Waals surface area contributed by atoms with Crippen LogP contribution in [0.4, 0.5) is 0 Å². The normalized spacial score (nSPS) is 27.2. The van der Waals surface area contributed by atoms with Crippen LogP contribution in [-0.4, -0.2) is 73.2 Å². The molecular weight excluding hydrogens is 493 g/mol. The van der Waals surface area contributed by atoms with Gasteiger partial charge in [-0.3, -0.25) is 0 Å². The van der Waals surface area contributed by atoms with Crippen LogP contribution in [0.15, 0.2) is 24.3 Å². The molecule has 0 aromatic heterocycles. The van der Waals surface area contributed by atoms with E-state index in [2.05, 4.69) is 71.7 Å². The van der Waals surface area contributed by atoms with Crippen LogP contribution in [0.2, 0.25) is 5.02 Å². The molecule has 159 valence electrons. The van der Waals surface area contributed by atoms with E-state index in [-0.39, 0.29) is 20.1 Å². The molecule has 2 heterocycles. The van der Waals surface area contributed by atoms with E-state index >= 15 is 0 Å². The molecule has 1 aromatic carbocycles. The van der Waals surface area contributed by atoms with E-state index in [9.17, 15) is 0 Å². The molecule has 0 aliphatic carbocycles. The Morgan fingerprint density at radius 1 is 1.11 bits per heavy atom. The van der Waals surface area contributed by atoms with Crippen molar-refractivity contribution < 1.29 is 20.1 Å². The largest absolute Gasteiger partial charge is 0.315 e. The average Bonchev–Trinajstić information content (AvgIpc) is 2.91. The molecule has 4 atom stereocenters. The summed E-state index contributed by atoms with van der Waals surface area (Å²) in [4.78, 5) is 5.27. The Balaban J connectivity index is 0.00000280. The van der Waals surface area contributed by atoms with E-state index in [4.69, 9.17) is 11.6 Å². The van der Waals surface area contributed by atoms with Crippen molar-refractivity contribution in [3.8, 4) is 0 Å². The standard InChI is InChI=1S/C21H34ClN3S2.Tc/c1-24-18-6-7-21(24)20(15-25(11-13-27)10-8-23-9-12-26)19(14-18)16-2-4-17(22)5-3-16;/h2-5,18-21,23,26-27H,6-15H2,1H3;/t18-,19+,20-,21+;/m0./s1/i;1+1. The maximum Gasteiger partial charge on any atom is 0.0406 e. The Labute approximate surface area is 200 Å². The van der Waals surface area contributed by atoms with Crippen LogP contribution >= 0.6 is 36.9 Å². The topological polar surface area (TPSA) is 18.5 Å². The second-order valence-corrected chi connectivity index (χ2v) is 9.35. The number of thiol groups is 2.